The quantitative estimate of drug-likeness (QED) is 0.792. The molecule has 5 heteroatoms. The zero-order chi connectivity index (χ0) is 16.3. The predicted molar refractivity (Wildman–Crippen MR) is 90.0 cm³/mol. The van der Waals surface area contributed by atoms with Crippen LogP contribution in [0.3, 0.4) is 0 Å². The lowest BCUT2D eigenvalue weighted by Crippen LogP contribution is -2.49. The Bertz CT molecular complexity index is 605. The standard InChI is InChI=1S/C19H28N4O/c1-22-18-15-10-12-7-13(11-15)9-14(8-12)16(18)17(20-22)19(24)21-23-5-3-2-4-6-23/h12-15,17H,2-11H2,1H3/p+1. The van der Waals surface area contributed by atoms with E-state index >= 15 is 0 Å². The van der Waals surface area contributed by atoms with Crippen LogP contribution in [0.4, 0.5) is 0 Å². The highest BCUT2D eigenvalue weighted by Crippen LogP contribution is 2.55. The minimum Gasteiger partial charge on any atom is -0.287 e. The molecule has 1 N–H and O–H groups in total. The Morgan fingerprint density at radius 1 is 1.04 bits per heavy atom. The number of nitrogens with zero attached hydrogens (tertiary/aromatic N) is 3. The van der Waals surface area contributed by atoms with E-state index in [0.29, 0.717) is 11.8 Å². The summed E-state index contributed by atoms with van der Waals surface area (Å²) >= 11 is 0. The molecule has 24 heavy (non-hydrogen) atoms. The number of allylic oxidation sites excluding steroid dienone is 1. The third-order valence-corrected chi connectivity index (χ3v) is 7.06. The number of piperidine rings is 1. The van der Waals surface area contributed by atoms with E-state index in [1.165, 1.54) is 62.6 Å². The molecule has 2 aliphatic heterocycles. The number of hydrogen-bond acceptors (Lipinski definition) is 3. The second kappa shape index (κ2) is 5.65. The fourth-order valence-electron chi connectivity index (χ4n) is 6.30. The highest BCUT2D eigenvalue weighted by molar-refractivity contribution is 5.85. The number of amides is 1. The summed E-state index contributed by atoms with van der Waals surface area (Å²) in [7, 11) is 2.07. The van der Waals surface area contributed by atoms with Gasteiger partial charge in [0.2, 0.25) is 11.7 Å². The summed E-state index contributed by atoms with van der Waals surface area (Å²) in [5, 5.41) is 6.89. The second-order valence-electron chi connectivity index (χ2n) is 8.71. The summed E-state index contributed by atoms with van der Waals surface area (Å²) in [6, 6.07) is -0.268. The van der Waals surface area contributed by atoms with Crippen molar-refractivity contribution >= 4 is 5.91 Å². The molecule has 2 heterocycles. The first-order valence-corrected chi connectivity index (χ1v) is 9.93. The molecule has 0 aromatic carbocycles. The molecule has 2 saturated carbocycles. The van der Waals surface area contributed by atoms with Crippen LogP contribution < -0.4 is 5.43 Å². The van der Waals surface area contributed by atoms with Crippen molar-refractivity contribution in [3.63, 3.8) is 0 Å². The second-order valence-corrected chi connectivity index (χ2v) is 8.71. The zero-order valence-electron chi connectivity index (χ0n) is 14.7. The molecule has 4 bridgehead atoms. The van der Waals surface area contributed by atoms with Crippen LogP contribution in [-0.4, -0.2) is 41.8 Å². The van der Waals surface area contributed by atoms with Gasteiger partial charge in [-0.3, -0.25) is 10.2 Å². The molecule has 0 radical (unpaired) electrons. The number of carbonyl (C=O) groups excluding carboxylic acids is 1. The van der Waals surface area contributed by atoms with Crippen molar-refractivity contribution < 1.29 is 9.49 Å². The van der Waals surface area contributed by atoms with Crippen LogP contribution in [-0.2, 0) is 4.79 Å². The Hall–Kier alpha value is -1.23. The van der Waals surface area contributed by atoms with E-state index in [1.807, 2.05) is 0 Å². The number of rotatable bonds is 2. The SMILES string of the molecule is C[N+]1=NC(C(=O)NN2CCCCC2)C2=C1C1CC3CC(CC2C3)C1. The van der Waals surface area contributed by atoms with Gasteiger partial charge in [0.25, 0.3) is 5.91 Å². The molecule has 0 aromatic rings. The Morgan fingerprint density at radius 2 is 1.71 bits per heavy atom. The number of nitrogens with one attached hydrogen (secondary N) is 1. The van der Waals surface area contributed by atoms with Gasteiger partial charge in [0.15, 0.2) is 7.05 Å². The molecule has 3 atom stereocenters. The van der Waals surface area contributed by atoms with E-state index in [2.05, 4.69) is 22.2 Å². The number of azo groups is 2. The van der Waals surface area contributed by atoms with Gasteiger partial charge in [0.05, 0.1) is 0 Å². The molecule has 6 rings (SSSR count). The first kappa shape index (κ1) is 15.1. The Labute approximate surface area is 144 Å². The third-order valence-electron chi connectivity index (χ3n) is 7.06. The molecule has 6 aliphatic rings. The number of carbonyl (C=O) groups is 1. The van der Waals surface area contributed by atoms with E-state index in [-0.39, 0.29) is 11.9 Å². The molecule has 5 nitrogen and oxygen atoms in total. The van der Waals surface area contributed by atoms with Gasteiger partial charge >= 0.3 is 0 Å². The van der Waals surface area contributed by atoms with Crippen molar-refractivity contribution in [1.82, 2.24) is 10.4 Å². The van der Waals surface area contributed by atoms with Crippen molar-refractivity contribution in [3.05, 3.63) is 11.3 Å². The topological polar surface area (TPSA) is 47.7 Å². The summed E-state index contributed by atoms with van der Waals surface area (Å²) in [5.74, 6) is 3.13. The molecule has 1 saturated heterocycles. The lowest BCUT2D eigenvalue weighted by molar-refractivity contribution is -0.519. The molecule has 0 spiro atoms. The van der Waals surface area contributed by atoms with E-state index in [4.69, 9.17) is 5.11 Å². The van der Waals surface area contributed by atoms with Crippen LogP contribution in [0, 0.1) is 23.7 Å². The van der Waals surface area contributed by atoms with Gasteiger partial charge in [-0.05, 0) is 67.8 Å². The molecule has 3 fully saturated rings. The van der Waals surface area contributed by atoms with Gasteiger partial charge in [0.1, 0.15) is 0 Å². The van der Waals surface area contributed by atoms with Gasteiger partial charge < -0.3 is 0 Å². The first-order chi connectivity index (χ1) is 11.7. The van der Waals surface area contributed by atoms with Crippen LogP contribution in [0.25, 0.3) is 0 Å². The summed E-state index contributed by atoms with van der Waals surface area (Å²) < 4.78 is 2.07. The largest absolute Gasteiger partial charge is 0.287 e. The van der Waals surface area contributed by atoms with Crippen molar-refractivity contribution in [2.45, 2.75) is 57.4 Å². The minimum atomic E-state index is -0.268. The highest BCUT2D eigenvalue weighted by atomic mass is 16.2. The van der Waals surface area contributed by atoms with Crippen molar-refractivity contribution in [1.29, 1.82) is 0 Å². The minimum absolute atomic E-state index is 0.106. The van der Waals surface area contributed by atoms with Crippen LogP contribution in [0.15, 0.2) is 16.4 Å². The summed E-state index contributed by atoms with van der Waals surface area (Å²) in [6.07, 6.45) is 10.3. The van der Waals surface area contributed by atoms with Crippen molar-refractivity contribution in [2.24, 2.45) is 28.8 Å². The van der Waals surface area contributed by atoms with Gasteiger partial charge in [-0.2, -0.15) is 0 Å². The zero-order valence-corrected chi connectivity index (χ0v) is 14.7. The summed E-state index contributed by atoms with van der Waals surface area (Å²) in [6.45, 7) is 1.97. The van der Waals surface area contributed by atoms with Gasteiger partial charge in [-0.1, -0.05) is 11.1 Å². The maximum Gasteiger partial charge on any atom is 0.269 e. The van der Waals surface area contributed by atoms with E-state index < -0.39 is 0 Å². The average molecular weight is 329 g/mol. The normalized spacial score (nSPS) is 41.2. The predicted octanol–water partition coefficient (Wildman–Crippen LogP) is 2.69. The molecule has 0 aromatic heterocycles. The van der Waals surface area contributed by atoms with Crippen LogP contribution in [0.2, 0.25) is 0 Å². The fourth-order valence-corrected chi connectivity index (χ4v) is 6.30. The van der Waals surface area contributed by atoms with Crippen molar-refractivity contribution in [3.8, 4) is 0 Å². The molecular weight excluding hydrogens is 300 g/mol. The maximum absolute atomic E-state index is 13.0. The molecule has 1 amide bonds. The first-order valence-electron chi connectivity index (χ1n) is 9.93. The third kappa shape index (κ3) is 2.35. The lowest BCUT2D eigenvalue weighted by Gasteiger charge is -2.39. The van der Waals surface area contributed by atoms with Crippen LogP contribution in [0.1, 0.15) is 51.4 Å². The van der Waals surface area contributed by atoms with Gasteiger partial charge in [-0.25, -0.2) is 5.01 Å². The molecular formula is C19H29N4O+. The van der Waals surface area contributed by atoms with E-state index in [0.717, 1.165) is 24.9 Å². The summed E-state index contributed by atoms with van der Waals surface area (Å²) in [5.41, 5.74) is 5.99. The van der Waals surface area contributed by atoms with Crippen LogP contribution >= 0.6 is 0 Å². The molecule has 4 aliphatic carbocycles. The van der Waals surface area contributed by atoms with Crippen molar-refractivity contribution in [2.75, 3.05) is 20.1 Å². The van der Waals surface area contributed by atoms with Gasteiger partial charge in [-0.15, -0.1) is 0 Å². The maximum atomic E-state index is 13.0. The van der Waals surface area contributed by atoms with E-state index in [1.54, 1.807) is 0 Å². The number of hydrogen-bond donors (Lipinski definition) is 1. The Kier molecular flexibility index (Phi) is 3.55. The molecule has 3 unspecified atom stereocenters. The number of hydrazine groups is 1. The highest BCUT2D eigenvalue weighted by Gasteiger charge is 2.53. The van der Waals surface area contributed by atoms with Crippen LogP contribution in [0.5, 0.6) is 0 Å². The van der Waals surface area contributed by atoms with E-state index in [9.17, 15) is 4.79 Å². The fraction of sp³-hybridized carbons (Fsp3) is 0.842. The lowest BCUT2D eigenvalue weighted by atomic mass is 9.66. The average Bonchev–Trinajstić information content (AvgIpc) is 2.82. The smallest absolute Gasteiger partial charge is 0.269 e. The monoisotopic (exact) mass is 329 g/mol. The Morgan fingerprint density at radius 3 is 2.42 bits per heavy atom. The van der Waals surface area contributed by atoms with Gasteiger partial charge in [0, 0.05) is 24.6 Å². The summed E-state index contributed by atoms with van der Waals surface area (Å²) in [4.78, 5) is 13.0. The Balaban J connectivity index is 1.42. The molecule has 130 valence electrons.